The van der Waals surface area contributed by atoms with Crippen LogP contribution in [0.25, 0.3) is 0 Å². The molecule has 0 saturated carbocycles. The molecule has 0 N–H and O–H groups in total. The summed E-state index contributed by atoms with van der Waals surface area (Å²) in [4.78, 5) is 38.3. The number of halogens is 2. The van der Waals surface area contributed by atoms with Gasteiger partial charge in [-0.25, -0.2) is 42.5 Å². The molecule has 0 unspecified atom stereocenters. The number of ether oxygens (including phenoxy) is 1. The lowest BCUT2D eigenvalue weighted by Crippen LogP contribution is -2.04. The van der Waals surface area contributed by atoms with E-state index in [1.165, 1.54) is 52.1 Å². The number of non-ortho nitro benzene ring substituents is 2. The highest BCUT2D eigenvalue weighted by molar-refractivity contribution is 7.91. The Balaban J connectivity index is 0.000000400. The fraction of sp³-hybridized carbons (Fsp3) is 0.273. The van der Waals surface area contributed by atoms with Gasteiger partial charge in [-0.1, -0.05) is 0 Å². The molecule has 0 aliphatic rings. The Bertz CT molecular complexity index is 2800. The van der Waals surface area contributed by atoms with E-state index in [2.05, 4.69) is 0 Å². The van der Waals surface area contributed by atoms with Gasteiger partial charge in [-0.2, -0.15) is 0 Å². The number of nitro groups is 4. The Morgan fingerprint density at radius 1 is 0.483 bits per heavy atom. The molecule has 27 heteroatoms. The van der Waals surface area contributed by atoms with Crippen molar-refractivity contribution < 1.29 is 66.9 Å². The molecule has 0 radical (unpaired) electrons. The molecule has 0 amide bonds. The van der Waals surface area contributed by atoms with E-state index >= 15 is 0 Å². The molecule has 4 aromatic carbocycles. The van der Waals surface area contributed by atoms with Crippen LogP contribution < -0.4 is 4.74 Å². The van der Waals surface area contributed by atoms with E-state index in [0.717, 1.165) is 43.2 Å². The van der Waals surface area contributed by atoms with Crippen molar-refractivity contribution in [3.63, 3.8) is 0 Å². The first-order valence-corrected chi connectivity index (χ1v) is 23.4. The standard InChI is InChI=1S/C9H11NO5S.C9H11NO4S.C8H8FNO4S.C7H6FNO4S/c1-6-8(10(11)12)4-7(15-2)5-9(6)16(3,13)14;1-6-4-8(10(11)12)7(2)9(5-6)15(3,13)14;1-5-7(9)3-6(10(11)12)4-8(5)15(2,13)14;1-14(12,13)7-3-5(8)2-6(4-7)9(10)11/h4-5H,1-3H3;4-5H,1-3H3;3-4H,1-2H3;2-4H,1H3. The molecule has 0 aliphatic heterocycles. The number of sulfone groups is 4. The van der Waals surface area contributed by atoms with E-state index in [-0.39, 0.29) is 48.5 Å². The first-order valence-electron chi connectivity index (χ1n) is 15.8. The number of hydrogen-bond acceptors (Lipinski definition) is 17. The second-order valence-electron chi connectivity index (χ2n) is 12.5. The predicted molar refractivity (Wildman–Crippen MR) is 210 cm³/mol. The highest BCUT2D eigenvalue weighted by Gasteiger charge is 2.23. The summed E-state index contributed by atoms with van der Waals surface area (Å²) >= 11 is 0. The van der Waals surface area contributed by atoms with Gasteiger partial charge in [0.15, 0.2) is 39.3 Å². The normalized spacial score (nSPS) is 11.3. The summed E-state index contributed by atoms with van der Waals surface area (Å²) in [5, 5.41) is 42.1. The van der Waals surface area contributed by atoms with Crippen LogP contribution in [0, 0.1) is 79.8 Å². The molecule has 0 heterocycles. The molecule has 328 valence electrons. The molecule has 60 heavy (non-hydrogen) atoms. The van der Waals surface area contributed by atoms with Gasteiger partial charge in [0.2, 0.25) is 0 Å². The maximum Gasteiger partial charge on any atom is 0.277 e. The third-order valence-electron chi connectivity index (χ3n) is 7.60. The van der Waals surface area contributed by atoms with Crippen LogP contribution >= 0.6 is 0 Å². The molecule has 0 aliphatic carbocycles. The molecular weight excluding hydrogens is 891 g/mol. The largest absolute Gasteiger partial charge is 0.496 e. The van der Waals surface area contributed by atoms with Gasteiger partial charge in [-0.05, 0) is 51.5 Å². The molecule has 0 aromatic heterocycles. The summed E-state index contributed by atoms with van der Waals surface area (Å²) in [6.45, 7) is 5.72. The van der Waals surface area contributed by atoms with E-state index in [4.69, 9.17) is 4.74 Å². The molecule has 0 spiro atoms. The number of hydrogen-bond donors (Lipinski definition) is 0. The lowest BCUT2D eigenvalue weighted by atomic mass is 10.1. The summed E-state index contributed by atoms with van der Waals surface area (Å²) in [5.74, 6) is -1.69. The van der Waals surface area contributed by atoms with E-state index < -0.39 is 86.9 Å². The number of nitrogens with zero attached hydrogens (tertiary/aromatic N) is 4. The zero-order valence-corrected chi connectivity index (χ0v) is 36.1. The van der Waals surface area contributed by atoms with Crippen molar-refractivity contribution in [1.29, 1.82) is 0 Å². The molecule has 21 nitrogen and oxygen atoms in total. The zero-order chi connectivity index (χ0) is 47.0. The molecule has 0 atom stereocenters. The minimum absolute atomic E-state index is 0.0224. The topological polar surface area (TPSA) is 318 Å². The van der Waals surface area contributed by atoms with E-state index in [0.29, 0.717) is 17.7 Å². The SMILES string of the molecule is COc1cc([N+](=O)[O-])c(C)c(S(C)(=O)=O)c1.CS(=O)(=O)c1cc(F)cc([N+](=O)[O-])c1.Cc1c(F)cc([N+](=O)[O-])cc1S(C)(=O)=O.Cc1cc([N+](=O)[O-])c(C)c(S(C)(=O)=O)c1. The first kappa shape index (κ1) is 52.0. The van der Waals surface area contributed by atoms with Crippen LogP contribution in [0.15, 0.2) is 74.2 Å². The number of aryl methyl sites for hydroxylation is 1. The maximum absolute atomic E-state index is 13.2. The van der Waals surface area contributed by atoms with Crippen molar-refractivity contribution in [1.82, 2.24) is 0 Å². The Morgan fingerprint density at radius 2 is 0.883 bits per heavy atom. The summed E-state index contributed by atoms with van der Waals surface area (Å²) < 4.78 is 121. The van der Waals surface area contributed by atoms with Crippen molar-refractivity contribution in [2.24, 2.45) is 0 Å². The van der Waals surface area contributed by atoms with Gasteiger partial charge in [0.1, 0.15) is 17.4 Å². The quantitative estimate of drug-likeness (QED) is 0.147. The van der Waals surface area contributed by atoms with Crippen LogP contribution in [0.2, 0.25) is 0 Å². The molecule has 0 fully saturated rings. The van der Waals surface area contributed by atoms with Crippen LogP contribution in [-0.2, 0) is 39.3 Å². The van der Waals surface area contributed by atoms with E-state index in [1.807, 2.05) is 0 Å². The molecule has 4 rings (SSSR count). The van der Waals surface area contributed by atoms with Crippen LogP contribution in [0.3, 0.4) is 0 Å². The van der Waals surface area contributed by atoms with Gasteiger partial charge in [-0.15, -0.1) is 0 Å². The average molecular weight is 927 g/mol. The van der Waals surface area contributed by atoms with Crippen LogP contribution in [0.4, 0.5) is 31.5 Å². The van der Waals surface area contributed by atoms with Crippen LogP contribution in [0.5, 0.6) is 5.75 Å². The van der Waals surface area contributed by atoms with Crippen molar-refractivity contribution in [2.45, 2.75) is 47.3 Å². The number of rotatable bonds is 9. The summed E-state index contributed by atoms with van der Waals surface area (Å²) in [5.41, 5.74) is -0.809. The predicted octanol–water partition coefficient (Wildman–Crippen LogP) is 5.51. The Kier molecular flexibility index (Phi) is 17.1. The average Bonchev–Trinajstić information content (AvgIpc) is 3.08. The zero-order valence-electron chi connectivity index (χ0n) is 32.8. The lowest BCUT2D eigenvalue weighted by molar-refractivity contribution is -0.385. The highest BCUT2D eigenvalue weighted by Crippen LogP contribution is 2.31. The Hall–Kier alpha value is -6.06. The monoisotopic (exact) mass is 926 g/mol. The molecule has 0 saturated heterocycles. The third kappa shape index (κ3) is 14.6. The second-order valence-corrected chi connectivity index (χ2v) is 20.5. The minimum Gasteiger partial charge on any atom is -0.496 e. The summed E-state index contributed by atoms with van der Waals surface area (Å²) in [6.07, 6.45) is 3.76. The van der Waals surface area contributed by atoms with Gasteiger partial charge in [-0.3, -0.25) is 40.5 Å². The lowest BCUT2D eigenvalue weighted by Gasteiger charge is -2.07. The van der Waals surface area contributed by atoms with Crippen molar-refractivity contribution in [3.05, 3.63) is 129 Å². The first-order chi connectivity index (χ1) is 27.0. The van der Waals surface area contributed by atoms with Gasteiger partial charge < -0.3 is 4.74 Å². The van der Waals surface area contributed by atoms with Crippen molar-refractivity contribution in [2.75, 3.05) is 32.1 Å². The second kappa shape index (κ2) is 19.8. The molecule has 0 bridgehead atoms. The smallest absolute Gasteiger partial charge is 0.277 e. The Morgan fingerprint density at radius 3 is 1.27 bits per heavy atom. The number of nitro benzene ring substituents is 4. The number of benzene rings is 4. The van der Waals surface area contributed by atoms with Gasteiger partial charge in [0.05, 0.1) is 64.6 Å². The summed E-state index contributed by atoms with van der Waals surface area (Å²) in [7, 11) is -12.9. The van der Waals surface area contributed by atoms with Crippen LogP contribution in [0.1, 0.15) is 22.3 Å². The summed E-state index contributed by atoms with van der Waals surface area (Å²) in [6, 6.07) is 9.05. The van der Waals surface area contributed by atoms with Gasteiger partial charge in [0, 0.05) is 59.9 Å². The molecular formula is C33H36F2N4O17S4. The molecule has 4 aromatic rings. The van der Waals surface area contributed by atoms with Crippen molar-refractivity contribution in [3.8, 4) is 5.75 Å². The number of methoxy groups -OCH3 is 1. The van der Waals surface area contributed by atoms with Crippen LogP contribution in [-0.4, -0.2) is 85.5 Å². The van der Waals surface area contributed by atoms with Crippen molar-refractivity contribution >= 4 is 62.1 Å². The van der Waals surface area contributed by atoms with Gasteiger partial charge >= 0.3 is 0 Å². The van der Waals surface area contributed by atoms with Gasteiger partial charge in [0.25, 0.3) is 22.7 Å². The highest BCUT2D eigenvalue weighted by atomic mass is 32.2. The fourth-order valence-electron chi connectivity index (χ4n) is 4.72. The van der Waals surface area contributed by atoms with E-state index in [9.17, 15) is 82.9 Å². The Labute approximate surface area is 341 Å². The maximum atomic E-state index is 13.2. The fourth-order valence-corrected chi connectivity index (χ4v) is 8.42. The minimum atomic E-state index is -3.66. The van der Waals surface area contributed by atoms with E-state index in [1.54, 1.807) is 6.92 Å². The third-order valence-corrected chi connectivity index (χ3v) is 12.4.